The molecule has 2 unspecified atom stereocenters. The summed E-state index contributed by atoms with van der Waals surface area (Å²) in [5, 5.41) is 26.7. The van der Waals surface area contributed by atoms with Crippen molar-refractivity contribution in [2.45, 2.75) is 39.0 Å². The van der Waals surface area contributed by atoms with Crippen LogP contribution in [0.2, 0.25) is 0 Å². The molecule has 1 aromatic rings. The minimum Gasteiger partial charge on any atom is -0.389 e. The summed E-state index contributed by atoms with van der Waals surface area (Å²) >= 11 is 0. The Morgan fingerprint density at radius 2 is 2.19 bits per heavy atom. The van der Waals surface area contributed by atoms with Gasteiger partial charge in [0.2, 0.25) is 0 Å². The smallest absolute Gasteiger partial charge is 0.111 e. The highest BCUT2D eigenvalue weighted by molar-refractivity contribution is 4.96. The quantitative estimate of drug-likeness (QED) is 0.694. The number of aliphatic hydroxyl groups is 2. The Kier molecular flexibility index (Phi) is 5.37. The molecule has 0 aromatic carbocycles. The van der Waals surface area contributed by atoms with E-state index in [2.05, 4.69) is 10.3 Å². The Morgan fingerprint density at radius 3 is 2.81 bits per heavy atom. The van der Waals surface area contributed by atoms with Crippen LogP contribution in [0.15, 0.2) is 6.20 Å². The predicted octanol–water partition coefficient (Wildman–Crippen LogP) is 0.119. The van der Waals surface area contributed by atoms with E-state index in [-0.39, 0.29) is 6.61 Å². The first kappa shape index (κ1) is 13.1. The molecule has 6 heteroatoms. The van der Waals surface area contributed by atoms with Crippen molar-refractivity contribution in [1.29, 1.82) is 0 Å². The van der Waals surface area contributed by atoms with Crippen molar-refractivity contribution in [3.63, 3.8) is 0 Å². The fourth-order valence-electron chi connectivity index (χ4n) is 1.29. The van der Waals surface area contributed by atoms with Crippen LogP contribution in [0.5, 0.6) is 0 Å². The van der Waals surface area contributed by atoms with Gasteiger partial charge in [0.15, 0.2) is 0 Å². The van der Waals surface area contributed by atoms with Crippen molar-refractivity contribution < 1.29 is 14.9 Å². The topological polar surface area (TPSA) is 80.4 Å². The van der Waals surface area contributed by atoms with Crippen molar-refractivity contribution in [2.75, 3.05) is 13.2 Å². The maximum Gasteiger partial charge on any atom is 0.111 e. The van der Waals surface area contributed by atoms with Gasteiger partial charge in [0.25, 0.3) is 0 Å². The summed E-state index contributed by atoms with van der Waals surface area (Å²) in [6.07, 6.45) is 1.05. The molecule has 0 saturated carbocycles. The van der Waals surface area contributed by atoms with E-state index < -0.39 is 12.2 Å². The summed E-state index contributed by atoms with van der Waals surface area (Å²) in [5.41, 5.74) is 0.533. The lowest BCUT2D eigenvalue weighted by molar-refractivity contribution is 0.0313. The van der Waals surface area contributed by atoms with Gasteiger partial charge in [-0.3, -0.25) is 0 Å². The fourth-order valence-corrected chi connectivity index (χ4v) is 1.29. The Labute approximate surface area is 94.8 Å². The van der Waals surface area contributed by atoms with Crippen LogP contribution in [-0.4, -0.2) is 44.5 Å². The van der Waals surface area contributed by atoms with Gasteiger partial charge in [-0.1, -0.05) is 12.1 Å². The second-order valence-electron chi connectivity index (χ2n) is 3.60. The Hall–Kier alpha value is -0.980. The first-order chi connectivity index (χ1) is 7.67. The number of hydrogen-bond donors (Lipinski definition) is 2. The summed E-state index contributed by atoms with van der Waals surface area (Å²) in [5.74, 6) is 0. The van der Waals surface area contributed by atoms with Crippen molar-refractivity contribution in [3.8, 4) is 0 Å². The molecule has 1 heterocycles. The maximum absolute atomic E-state index is 9.56. The summed E-state index contributed by atoms with van der Waals surface area (Å²) in [4.78, 5) is 0. The van der Waals surface area contributed by atoms with Gasteiger partial charge in [0.05, 0.1) is 31.6 Å². The molecule has 2 N–H and O–H groups in total. The molecule has 0 aliphatic rings. The van der Waals surface area contributed by atoms with E-state index in [4.69, 9.17) is 4.74 Å². The molecule has 92 valence electrons. The van der Waals surface area contributed by atoms with E-state index in [1.54, 1.807) is 6.20 Å². The van der Waals surface area contributed by atoms with E-state index in [0.29, 0.717) is 25.3 Å². The van der Waals surface area contributed by atoms with Crippen molar-refractivity contribution in [1.82, 2.24) is 15.0 Å². The van der Waals surface area contributed by atoms with Crippen LogP contribution in [0, 0.1) is 0 Å². The van der Waals surface area contributed by atoms with Crippen molar-refractivity contribution >= 4 is 0 Å². The van der Waals surface area contributed by atoms with Gasteiger partial charge >= 0.3 is 0 Å². The minimum atomic E-state index is -0.603. The molecule has 16 heavy (non-hydrogen) atoms. The van der Waals surface area contributed by atoms with Crippen LogP contribution in [0.4, 0.5) is 0 Å². The normalized spacial score (nSPS) is 15.0. The van der Waals surface area contributed by atoms with Gasteiger partial charge in [0.1, 0.15) is 5.69 Å². The average molecular weight is 229 g/mol. The molecule has 0 spiro atoms. The van der Waals surface area contributed by atoms with Gasteiger partial charge in [-0.15, -0.1) is 5.10 Å². The summed E-state index contributed by atoms with van der Waals surface area (Å²) < 4.78 is 6.59. The first-order valence-electron chi connectivity index (χ1n) is 5.51. The lowest BCUT2D eigenvalue weighted by Crippen LogP contribution is -2.22. The zero-order valence-corrected chi connectivity index (χ0v) is 9.70. The number of rotatable bonds is 7. The van der Waals surface area contributed by atoms with Gasteiger partial charge in [-0.25, -0.2) is 4.68 Å². The Morgan fingerprint density at radius 1 is 1.44 bits per heavy atom. The number of aliphatic hydroxyl groups excluding tert-OH is 2. The standard InChI is InChI=1S/C10H19N3O3/c1-3-10(15)9-6-13(12-11-9)5-8(14)7-16-4-2/h6,8,10,14-15H,3-5,7H2,1-2H3. The van der Waals surface area contributed by atoms with Crippen LogP contribution >= 0.6 is 0 Å². The lowest BCUT2D eigenvalue weighted by Gasteiger charge is -2.09. The van der Waals surface area contributed by atoms with Gasteiger partial charge < -0.3 is 14.9 Å². The van der Waals surface area contributed by atoms with Crippen LogP contribution in [0.25, 0.3) is 0 Å². The van der Waals surface area contributed by atoms with Gasteiger partial charge in [-0.2, -0.15) is 0 Å². The zero-order valence-electron chi connectivity index (χ0n) is 9.70. The highest BCUT2D eigenvalue weighted by Crippen LogP contribution is 2.11. The number of hydrogen-bond acceptors (Lipinski definition) is 5. The number of nitrogens with zero attached hydrogens (tertiary/aromatic N) is 3. The van der Waals surface area contributed by atoms with E-state index in [1.807, 2.05) is 13.8 Å². The molecule has 0 amide bonds. The molecule has 6 nitrogen and oxygen atoms in total. The lowest BCUT2D eigenvalue weighted by atomic mass is 10.2. The molecule has 0 aliphatic heterocycles. The van der Waals surface area contributed by atoms with Crippen LogP contribution in [0.3, 0.4) is 0 Å². The second-order valence-corrected chi connectivity index (χ2v) is 3.60. The van der Waals surface area contributed by atoms with E-state index in [1.165, 1.54) is 4.68 Å². The first-order valence-corrected chi connectivity index (χ1v) is 5.51. The fraction of sp³-hybridized carbons (Fsp3) is 0.800. The van der Waals surface area contributed by atoms with Gasteiger partial charge in [0, 0.05) is 6.61 Å². The molecule has 0 saturated heterocycles. The number of ether oxygens (including phenoxy) is 1. The predicted molar refractivity (Wildman–Crippen MR) is 57.8 cm³/mol. The minimum absolute atomic E-state index is 0.280. The van der Waals surface area contributed by atoms with Crippen LogP contribution in [-0.2, 0) is 11.3 Å². The monoisotopic (exact) mass is 229 g/mol. The third kappa shape index (κ3) is 3.88. The molecule has 0 radical (unpaired) electrons. The molecular formula is C10H19N3O3. The largest absolute Gasteiger partial charge is 0.389 e. The highest BCUT2D eigenvalue weighted by atomic mass is 16.5. The van der Waals surface area contributed by atoms with E-state index >= 15 is 0 Å². The Balaban J connectivity index is 2.45. The van der Waals surface area contributed by atoms with Gasteiger partial charge in [-0.05, 0) is 13.3 Å². The third-order valence-corrected chi connectivity index (χ3v) is 2.20. The average Bonchev–Trinajstić information content (AvgIpc) is 2.73. The summed E-state index contributed by atoms with van der Waals surface area (Å²) in [6.45, 7) is 4.92. The van der Waals surface area contributed by atoms with E-state index in [9.17, 15) is 10.2 Å². The molecule has 2 atom stereocenters. The third-order valence-electron chi connectivity index (χ3n) is 2.20. The molecule has 1 aromatic heterocycles. The molecule has 0 aliphatic carbocycles. The summed E-state index contributed by atoms with van der Waals surface area (Å²) in [7, 11) is 0. The van der Waals surface area contributed by atoms with Crippen LogP contribution < -0.4 is 0 Å². The zero-order chi connectivity index (χ0) is 12.0. The SMILES string of the molecule is CCOCC(O)Cn1cc(C(O)CC)nn1. The Bertz CT molecular complexity index is 303. The molecule has 1 rings (SSSR count). The van der Waals surface area contributed by atoms with Crippen LogP contribution in [0.1, 0.15) is 32.1 Å². The molecular weight excluding hydrogens is 210 g/mol. The number of aromatic nitrogens is 3. The summed E-state index contributed by atoms with van der Waals surface area (Å²) in [6, 6.07) is 0. The van der Waals surface area contributed by atoms with Crippen molar-refractivity contribution in [3.05, 3.63) is 11.9 Å². The maximum atomic E-state index is 9.56. The van der Waals surface area contributed by atoms with E-state index in [0.717, 1.165) is 0 Å². The highest BCUT2D eigenvalue weighted by Gasteiger charge is 2.11. The second kappa shape index (κ2) is 6.57. The van der Waals surface area contributed by atoms with Crippen molar-refractivity contribution in [2.24, 2.45) is 0 Å². The molecule has 0 bridgehead atoms. The molecule has 0 fully saturated rings.